The number of hydrogen-bond donors (Lipinski definition) is 0. The average molecular weight is 294 g/mol. The number of carbonyl (C=O) groups is 1. The van der Waals surface area contributed by atoms with E-state index in [1.807, 2.05) is 0 Å². The molecule has 2 rings (SSSR count). The summed E-state index contributed by atoms with van der Waals surface area (Å²) >= 11 is 0. The molecule has 0 unspecified atom stereocenters. The van der Waals surface area contributed by atoms with Gasteiger partial charge in [-0.2, -0.15) is 13.2 Å². The summed E-state index contributed by atoms with van der Waals surface area (Å²) in [5.41, 5.74) is -0.304. The van der Waals surface area contributed by atoms with Gasteiger partial charge < -0.3 is 4.74 Å². The number of carbonyl (C=O) groups excluding carboxylic acids is 1. The molecule has 0 amide bonds. The van der Waals surface area contributed by atoms with Crippen molar-refractivity contribution < 1.29 is 22.7 Å². The molecular weight excluding hydrogens is 281 g/mol. The average Bonchev–Trinajstić information content (AvgIpc) is 2.45. The van der Waals surface area contributed by atoms with Gasteiger partial charge in [0.25, 0.3) is 0 Å². The Morgan fingerprint density at radius 2 is 1.71 bits per heavy atom. The lowest BCUT2D eigenvalue weighted by molar-refractivity contribution is -0.138. The smallest absolute Gasteiger partial charge is 0.417 e. The lowest BCUT2D eigenvalue weighted by Crippen LogP contribution is -2.12. The van der Waals surface area contributed by atoms with Gasteiger partial charge in [0.05, 0.1) is 12.7 Å². The van der Waals surface area contributed by atoms with Crippen LogP contribution in [0.3, 0.4) is 0 Å². The number of hydrogen-bond acceptors (Lipinski definition) is 2. The van der Waals surface area contributed by atoms with E-state index in [0.29, 0.717) is 16.9 Å². The second-order valence-electron chi connectivity index (χ2n) is 4.52. The number of rotatable bonds is 3. The highest BCUT2D eigenvalue weighted by molar-refractivity contribution is 5.83. The van der Waals surface area contributed by atoms with Gasteiger partial charge in [0, 0.05) is 11.1 Å². The Kier molecular flexibility index (Phi) is 4.02. The van der Waals surface area contributed by atoms with Crippen LogP contribution in [0.2, 0.25) is 0 Å². The summed E-state index contributed by atoms with van der Waals surface area (Å²) in [5, 5.41) is 0. The Balaban J connectivity index is 2.75. The number of benzene rings is 2. The van der Waals surface area contributed by atoms with Crippen molar-refractivity contribution in [1.29, 1.82) is 0 Å². The zero-order valence-electron chi connectivity index (χ0n) is 11.5. The molecule has 21 heavy (non-hydrogen) atoms. The number of aldehydes is 1. The van der Waals surface area contributed by atoms with Crippen LogP contribution in [0.5, 0.6) is 5.75 Å². The monoisotopic (exact) mass is 294 g/mol. The Labute approximate surface area is 120 Å². The van der Waals surface area contributed by atoms with Crippen LogP contribution in [0.4, 0.5) is 13.2 Å². The molecule has 2 aromatic carbocycles. The van der Waals surface area contributed by atoms with Gasteiger partial charge in [0.2, 0.25) is 0 Å². The quantitative estimate of drug-likeness (QED) is 0.779. The molecule has 0 saturated heterocycles. The largest absolute Gasteiger partial charge is 0.496 e. The summed E-state index contributed by atoms with van der Waals surface area (Å²) in [6, 6.07) is 9.51. The van der Waals surface area contributed by atoms with E-state index >= 15 is 0 Å². The number of halogens is 3. The molecule has 2 nitrogen and oxygen atoms in total. The van der Waals surface area contributed by atoms with E-state index in [0.717, 1.165) is 0 Å². The zero-order valence-corrected chi connectivity index (χ0v) is 11.5. The van der Waals surface area contributed by atoms with E-state index in [4.69, 9.17) is 4.74 Å². The number of ether oxygens (including phenoxy) is 1. The molecule has 0 saturated carbocycles. The van der Waals surface area contributed by atoms with Gasteiger partial charge >= 0.3 is 6.18 Å². The normalized spacial score (nSPS) is 11.3. The number of para-hydroxylation sites is 1. The lowest BCUT2D eigenvalue weighted by atomic mass is 9.92. The summed E-state index contributed by atoms with van der Waals surface area (Å²) in [5.74, 6) is 0.479. The minimum atomic E-state index is -4.58. The summed E-state index contributed by atoms with van der Waals surface area (Å²) in [6.45, 7) is 1.36. The highest BCUT2D eigenvalue weighted by Crippen LogP contribution is 2.40. The van der Waals surface area contributed by atoms with Gasteiger partial charge in [0.1, 0.15) is 5.75 Å². The molecule has 0 radical (unpaired) electrons. The van der Waals surface area contributed by atoms with Crippen LogP contribution >= 0.6 is 0 Å². The van der Waals surface area contributed by atoms with Gasteiger partial charge in [-0.25, -0.2) is 0 Å². The molecule has 0 N–H and O–H groups in total. The summed E-state index contributed by atoms with van der Waals surface area (Å²) in [6.07, 6.45) is -4.36. The van der Waals surface area contributed by atoms with Crippen molar-refractivity contribution in [3.05, 3.63) is 53.1 Å². The van der Waals surface area contributed by atoms with Crippen molar-refractivity contribution in [2.45, 2.75) is 13.1 Å². The third-order valence-corrected chi connectivity index (χ3v) is 3.30. The maximum atomic E-state index is 13.2. The van der Waals surface area contributed by atoms with Gasteiger partial charge in [-0.15, -0.1) is 0 Å². The van der Waals surface area contributed by atoms with Crippen LogP contribution in [0.15, 0.2) is 36.4 Å². The molecule has 0 fully saturated rings. The predicted molar refractivity (Wildman–Crippen MR) is 73.6 cm³/mol. The molecule has 0 aromatic heterocycles. The van der Waals surface area contributed by atoms with Crippen LogP contribution < -0.4 is 4.74 Å². The van der Waals surface area contributed by atoms with Crippen LogP contribution in [0.1, 0.15) is 21.5 Å². The first-order chi connectivity index (χ1) is 9.90. The molecule has 0 spiro atoms. The third kappa shape index (κ3) is 2.77. The maximum absolute atomic E-state index is 13.2. The molecule has 0 aliphatic rings. The second kappa shape index (κ2) is 5.60. The van der Waals surface area contributed by atoms with E-state index < -0.39 is 11.7 Å². The first-order valence-corrected chi connectivity index (χ1v) is 6.19. The first kappa shape index (κ1) is 15.1. The molecule has 0 atom stereocenters. The second-order valence-corrected chi connectivity index (χ2v) is 4.52. The SMILES string of the molecule is COc1ccccc1-c1ccc(C=O)c(C(F)(F)F)c1C. The molecule has 0 heterocycles. The summed E-state index contributed by atoms with van der Waals surface area (Å²) in [7, 11) is 1.46. The highest BCUT2D eigenvalue weighted by atomic mass is 19.4. The first-order valence-electron chi connectivity index (χ1n) is 6.19. The van der Waals surface area contributed by atoms with Gasteiger partial charge in [-0.1, -0.05) is 30.3 Å². The number of alkyl halides is 3. The molecule has 0 aliphatic carbocycles. The van der Waals surface area contributed by atoms with Crippen LogP contribution in [0, 0.1) is 6.92 Å². The highest BCUT2D eigenvalue weighted by Gasteiger charge is 2.36. The third-order valence-electron chi connectivity index (χ3n) is 3.30. The van der Waals surface area contributed by atoms with E-state index in [-0.39, 0.29) is 17.4 Å². The number of methoxy groups -OCH3 is 1. The van der Waals surface area contributed by atoms with Gasteiger partial charge in [-0.05, 0) is 24.1 Å². The van der Waals surface area contributed by atoms with E-state index in [2.05, 4.69) is 0 Å². The van der Waals surface area contributed by atoms with E-state index in [1.54, 1.807) is 24.3 Å². The van der Waals surface area contributed by atoms with Crippen molar-refractivity contribution >= 4 is 6.29 Å². The Morgan fingerprint density at radius 1 is 1.05 bits per heavy atom. The molecule has 0 bridgehead atoms. The van der Waals surface area contributed by atoms with E-state index in [9.17, 15) is 18.0 Å². The molecule has 2 aromatic rings. The fraction of sp³-hybridized carbons (Fsp3) is 0.188. The molecule has 5 heteroatoms. The minimum Gasteiger partial charge on any atom is -0.496 e. The topological polar surface area (TPSA) is 26.3 Å². The summed E-state index contributed by atoms with van der Waals surface area (Å²) < 4.78 is 44.7. The van der Waals surface area contributed by atoms with Gasteiger partial charge in [0.15, 0.2) is 6.29 Å². The lowest BCUT2D eigenvalue weighted by Gasteiger charge is -2.17. The van der Waals surface area contributed by atoms with Crippen LogP contribution in [-0.2, 0) is 6.18 Å². The van der Waals surface area contributed by atoms with Crippen LogP contribution in [0.25, 0.3) is 11.1 Å². The standard InChI is InChI=1S/C16H13F3O2/c1-10-12(13-5-3-4-6-14(13)21-2)8-7-11(9-20)15(10)16(17,18)19/h3-9H,1-2H3. The van der Waals surface area contributed by atoms with Gasteiger partial charge in [-0.3, -0.25) is 4.79 Å². The Hall–Kier alpha value is -2.30. The maximum Gasteiger partial charge on any atom is 0.417 e. The van der Waals surface area contributed by atoms with Crippen molar-refractivity contribution in [2.75, 3.05) is 7.11 Å². The fourth-order valence-corrected chi connectivity index (χ4v) is 2.37. The molecule has 0 aliphatic heterocycles. The van der Waals surface area contributed by atoms with Crippen LogP contribution in [-0.4, -0.2) is 13.4 Å². The van der Waals surface area contributed by atoms with Crippen molar-refractivity contribution in [1.82, 2.24) is 0 Å². The molecule has 110 valence electrons. The Morgan fingerprint density at radius 3 is 2.29 bits per heavy atom. The Bertz CT molecular complexity index is 676. The van der Waals surface area contributed by atoms with Crippen molar-refractivity contribution in [2.24, 2.45) is 0 Å². The predicted octanol–water partition coefficient (Wildman–Crippen LogP) is 4.50. The summed E-state index contributed by atoms with van der Waals surface area (Å²) in [4.78, 5) is 10.9. The molecular formula is C16H13F3O2. The van der Waals surface area contributed by atoms with E-state index in [1.165, 1.54) is 26.2 Å². The fourth-order valence-electron chi connectivity index (χ4n) is 2.37. The van der Waals surface area contributed by atoms with Crippen molar-refractivity contribution in [3.63, 3.8) is 0 Å². The van der Waals surface area contributed by atoms with Crippen molar-refractivity contribution in [3.8, 4) is 16.9 Å². The minimum absolute atomic E-state index is 0.0107. The zero-order chi connectivity index (χ0) is 15.6.